The van der Waals surface area contributed by atoms with Gasteiger partial charge in [0.05, 0.1) is 13.3 Å². The fraction of sp³-hybridized carbons (Fsp3) is 0.667. The molecule has 0 bridgehead atoms. The van der Waals surface area contributed by atoms with Gasteiger partial charge in [-0.2, -0.15) is 0 Å². The molecule has 0 saturated heterocycles. The van der Waals surface area contributed by atoms with Crippen LogP contribution in [-0.2, 0) is 9.53 Å². The molecular formula is C9H17BrN2O2. The first-order valence-corrected chi connectivity index (χ1v) is 4.50. The SMILES string of the molecule is Br.CCCOC(=O)CN1C=CN(C)C1. The number of carbonyl (C=O) groups excluding carboxylic acids is 1. The lowest BCUT2D eigenvalue weighted by Gasteiger charge is -2.16. The molecule has 1 aliphatic heterocycles. The van der Waals surface area contributed by atoms with Gasteiger partial charge in [-0.15, -0.1) is 17.0 Å². The van der Waals surface area contributed by atoms with Crippen molar-refractivity contribution in [3.63, 3.8) is 0 Å². The smallest absolute Gasteiger partial charge is 0.325 e. The van der Waals surface area contributed by atoms with Crippen LogP contribution >= 0.6 is 17.0 Å². The van der Waals surface area contributed by atoms with Gasteiger partial charge in [0, 0.05) is 19.4 Å². The van der Waals surface area contributed by atoms with E-state index in [0.717, 1.165) is 13.1 Å². The number of hydrogen-bond acceptors (Lipinski definition) is 4. The van der Waals surface area contributed by atoms with E-state index in [1.807, 2.05) is 36.2 Å². The van der Waals surface area contributed by atoms with E-state index in [1.165, 1.54) is 0 Å². The third kappa shape index (κ3) is 4.50. The monoisotopic (exact) mass is 264 g/mol. The van der Waals surface area contributed by atoms with Crippen LogP contribution in [0, 0.1) is 0 Å². The molecule has 0 fully saturated rings. The van der Waals surface area contributed by atoms with Crippen LogP contribution in [0.2, 0.25) is 0 Å². The summed E-state index contributed by atoms with van der Waals surface area (Å²) in [6.45, 7) is 3.62. The van der Waals surface area contributed by atoms with Crippen LogP contribution in [0.4, 0.5) is 0 Å². The minimum Gasteiger partial charge on any atom is -0.464 e. The lowest BCUT2D eigenvalue weighted by molar-refractivity contribution is -0.144. The third-order valence-corrected chi connectivity index (χ3v) is 1.74. The van der Waals surface area contributed by atoms with Crippen LogP contribution < -0.4 is 0 Å². The molecule has 5 heteroatoms. The van der Waals surface area contributed by atoms with Gasteiger partial charge in [0.2, 0.25) is 0 Å². The molecule has 0 amide bonds. The Labute approximate surface area is 95.3 Å². The number of hydrogen-bond donors (Lipinski definition) is 0. The molecule has 0 aromatic heterocycles. The highest BCUT2D eigenvalue weighted by Gasteiger charge is 2.12. The van der Waals surface area contributed by atoms with Crippen molar-refractivity contribution in [3.05, 3.63) is 12.4 Å². The van der Waals surface area contributed by atoms with E-state index in [9.17, 15) is 4.79 Å². The quantitative estimate of drug-likeness (QED) is 0.715. The Balaban J connectivity index is 0.00000169. The maximum atomic E-state index is 11.1. The highest BCUT2D eigenvalue weighted by Crippen LogP contribution is 2.02. The first-order chi connectivity index (χ1) is 6.22. The van der Waals surface area contributed by atoms with E-state index in [2.05, 4.69) is 0 Å². The Morgan fingerprint density at radius 3 is 2.71 bits per heavy atom. The summed E-state index contributed by atoms with van der Waals surface area (Å²) in [4.78, 5) is 15.1. The summed E-state index contributed by atoms with van der Waals surface area (Å²) in [6.07, 6.45) is 4.71. The zero-order valence-corrected chi connectivity index (χ0v) is 10.3. The topological polar surface area (TPSA) is 32.8 Å². The van der Waals surface area contributed by atoms with Crippen LogP contribution in [-0.4, -0.2) is 42.6 Å². The fourth-order valence-electron chi connectivity index (χ4n) is 1.12. The first kappa shape index (κ1) is 13.3. The van der Waals surface area contributed by atoms with Crippen molar-refractivity contribution >= 4 is 23.0 Å². The molecule has 4 nitrogen and oxygen atoms in total. The molecule has 1 aliphatic rings. The normalized spacial score (nSPS) is 14.1. The van der Waals surface area contributed by atoms with Gasteiger partial charge in [-0.05, 0) is 6.42 Å². The van der Waals surface area contributed by atoms with E-state index in [0.29, 0.717) is 13.2 Å². The van der Waals surface area contributed by atoms with Gasteiger partial charge in [-0.3, -0.25) is 4.79 Å². The van der Waals surface area contributed by atoms with E-state index < -0.39 is 0 Å². The van der Waals surface area contributed by atoms with Gasteiger partial charge in [0.1, 0.15) is 6.54 Å². The lowest BCUT2D eigenvalue weighted by atomic mass is 10.5. The van der Waals surface area contributed by atoms with E-state index >= 15 is 0 Å². The number of rotatable bonds is 4. The molecule has 1 rings (SSSR count). The average molecular weight is 265 g/mol. The predicted molar refractivity (Wildman–Crippen MR) is 60.0 cm³/mol. The molecule has 0 aromatic rings. The molecule has 0 N–H and O–H groups in total. The summed E-state index contributed by atoms with van der Waals surface area (Å²) >= 11 is 0. The minimum atomic E-state index is -0.151. The van der Waals surface area contributed by atoms with Crippen molar-refractivity contribution in [2.45, 2.75) is 13.3 Å². The summed E-state index contributed by atoms with van der Waals surface area (Å²) < 4.78 is 4.96. The Morgan fingerprint density at radius 1 is 1.50 bits per heavy atom. The molecule has 0 aliphatic carbocycles. The van der Waals surface area contributed by atoms with Crippen molar-refractivity contribution in [1.29, 1.82) is 0 Å². The van der Waals surface area contributed by atoms with Gasteiger partial charge in [0.25, 0.3) is 0 Å². The van der Waals surface area contributed by atoms with Crippen LogP contribution in [0.3, 0.4) is 0 Å². The van der Waals surface area contributed by atoms with Gasteiger partial charge in [-0.25, -0.2) is 0 Å². The Hall–Kier alpha value is -0.710. The number of nitrogens with zero attached hydrogens (tertiary/aromatic N) is 2. The van der Waals surface area contributed by atoms with E-state index in [-0.39, 0.29) is 23.0 Å². The van der Waals surface area contributed by atoms with Gasteiger partial charge >= 0.3 is 5.97 Å². The van der Waals surface area contributed by atoms with Gasteiger partial charge < -0.3 is 14.5 Å². The highest BCUT2D eigenvalue weighted by atomic mass is 79.9. The van der Waals surface area contributed by atoms with E-state index in [4.69, 9.17) is 4.74 Å². The van der Waals surface area contributed by atoms with Crippen LogP contribution in [0.5, 0.6) is 0 Å². The molecule has 0 saturated carbocycles. The third-order valence-electron chi connectivity index (χ3n) is 1.74. The summed E-state index contributed by atoms with van der Waals surface area (Å²) in [6, 6.07) is 0. The zero-order chi connectivity index (χ0) is 9.68. The summed E-state index contributed by atoms with van der Waals surface area (Å²) in [5.41, 5.74) is 0. The zero-order valence-electron chi connectivity index (χ0n) is 8.60. The molecule has 0 radical (unpaired) electrons. The molecule has 0 atom stereocenters. The molecule has 1 heterocycles. The second-order valence-corrected chi connectivity index (χ2v) is 3.16. The number of halogens is 1. The second-order valence-electron chi connectivity index (χ2n) is 3.16. The van der Waals surface area contributed by atoms with Gasteiger partial charge in [-0.1, -0.05) is 6.92 Å². The van der Waals surface area contributed by atoms with Crippen molar-refractivity contribution in [3.8, 4) is 0 Å². The van der Waals surface area contributed by atoms with Crippen molar-refractivity contribution < 1.29 is 9.53 Å². The van der Waals surface area contributed by atoms with Crippen LogP contribution in [0.25, 0.3) is 0 Å². The van der Waals surface area contributed by atoms with Crippen molar-refractivity contribution in [1.82, 2.24) is 9.80 Å². The predicted octanol–water partition coefficient (Wildman–Crippen LogP) is 1.19. The summed E-state index contributed by atoms with van der Waals surface area (Å²) in [5, 5.41) is 0. The number of carbonyl (C=O) groups is 1. The molecule has 0 spiro atoms. The summed E-state index contributed by atoms with van der Waals surface area (Å²) in [7, 11) is 1.97. The second kappa shape index (κ2) is 6.70. The number of ether oxygens (including phenoxy) is 1. The Kier molecular flexibility index (Phi) is 6.36. The lowest BCUT2D eigenvalue weighted by Crippen LogP contribution is -2.29. The Morgan fingerprint density at radius 2 is 2.21 bits per heavy atom. The highest BCUT2D eigenvalue weighted by molar-refractivity contribution is 8.93. The fourth-order valence-corrected chi connectivity index (χ4v) is 1.12. The average Bonchev–Trinajstić information content (AvgIpc) is 2.48. The molecule has 0 aromatic carbocycles. The molecule has 0 unspecified atom stereocenters. The van der Waals surface area contributed by atoms with Crippen LogP contribution in [0.1, 0.15) is 13.3 Å². The number of esters is 1. The maximum Gasteiger partial charge on any atom is 0.325 e. The standard InChI is InChI=1S/C9H16N2O2.BrH/c1-3-6-13-9(12)7-11-5-4-10(2)8-11;/h4-5H,3,6-8H2,1-2H3;1H. The first-order valence-electron chi connectivity index (χ1n) is 4.50. The molecule has 82 valence electrons. The summed E-state index contributed by atoms with van der Waals surface area (Å²) in [5.74, 6) is -0.151. The van der Waals surface area contributed by atoms with Crippen molar-refractivity contribution in [2.75, 3.05) is 26.9 Å². The van der Waals surface area contributed by atoms with Crippen molar-refractivity contribution in [2.24, 2.45) is 0 Å². The van der Waals surface area contributed by atoms with Gasteiger partial charge in [0.15, 0.2) is 0 Å². The Bertz CT molecular complexity index is 209. The maximum absolute atomic E-state index is 11.1. The molecule has 14 heavy (non-hydrogen) atoms. The minimum absolute atomic E-state index is 0. The van der Waals surface area contributed by atoms with Crippen LogP contribution in [0.15, 0.2) is 12.4 Å². The molecular weight excluding hydrogens is 248 g/mol. The largest absolute Gasteiger partial charge is 0.464 e. The van der Waals surface area contributed by atoms with E-state index in [1.54, 1.807) is 0 Å².